The molecule has 2 aromatic carbocycles. The van der Waals surface area contributed by atoms with Gasteiger partial charge in [-0.1, -0.05) is 29.8 Å². The molecule has 2 aliphatic heterocycles. The molecule has 2 N–H and O–H groups in total. The molecular weight excluding hydrogens is 687 g/mol. The lowest BCUT2D eigenvalue weighted by Crippen LogP contribution is -2.48. The zero-order valence-electron chi connectivity index (χ0n) is 27.7. The van der Waals surface area contributed by atoms with Gasteiger partial charge in [-0.05, 0) is 73.9 Å². The van der Waals surface area contributed by atoms with Gasteiger partial charge in [-0.2, -0.15) is 5.10 Å². The van der Waals surface area contributed by atoms with Gasteiger partial charge >= 0.3 is 0 Å². The standard InChI is InChI=1S/C37H33ClFN8O3Si/c1-22-35-29(45-44-22)8-10-32(42-35)43-36(48)24-6-9-31-30(17-24)40-33(47(31)21-37(51)13-16-50-37)19-46-14-11-23(12-15-46)28-3-2-4-34(41-28)49-20-25-5-7-26(38)18-27(25)39/h2-11,17-18H,12-16,19-21H2,1H3,(H,44,45)(H,42,43,48)/t37-/m1/s1. The quantitative estimate of drug-likeness (QED) is 0.160. The molecule has 2 aliphatic rings. The number of nitrogens with one attached hydrogen (secondary N) is 2. The van der Waals surface area contributed by atoms with Gasteiger partial charge in [0.25, 0.3) is 5.91 Å². The molecular formula is C37H33ClFN8O3Si. The van der Waals surface area contributed by atoms with Gasteiger partial charge in [-0.15, -0.1) is 0 Å². The first-order chi connectivity index (χ1) is 24.7. The molecule has 0 bridgehead atoms. The number of aromatic nitrogens is 6. The first kappa shape index (κ1) is 33.2. The Balaban J connectivity index is 0.979. The third kappa shape index (κ3) is 7.02. The van der Waals surface area contributed by atoms with Crippen molar-refractivity contribution < 1.29 is 18.7 Å². The van der Waals surface area contributed by atoms with Crippen molar-refractivity contribution in [3.63, 3.8) is 0 Å². The molecule has 8 rings (SSSR count). The van der Waals surface area contributed by atoms with Crippen molar-refractivity contribution in [3.05, 3.63) is 112 Å². The molecule has 1 fully saturated rings. The van der Waals surface area contributed by atoms with Crippen LogP contribution in [0.5, 0.6) is 5.88 Å². The van der Waals surface area contributed by atoms with Gasteiger partial charge in [0.1, 0.15) is 35.1 Å². The van der Waals surface area contributed by atoms with Crippen LogP contribution in [0.1, 0.15) is 46.0 Å². The van der Waals surface area contributed by atoms with Gasteiger partial charge in [0, 0.05) is 48.5 Å². The number of imidazole rings is 1. The summed E-state index contributed by atoms with van der Waals surface area (Å²) in [7, 11) is 3.85. The van der Waals surface area contributed by atoms with Gasteiger partial charge < -0.3 is 19.4 Å². The highest BCUT2D eigenvalue weighted by atomic mass is 35.5. The number of halogens is 2. The van der Waals surface area contributed by atoms with Gasteiger partial charge in [-0.3, -0.25) is 14.8 Å². The number of hydrogen-bond donors (Lipinski definition) is 2. The molecule has 1 saturated heterocycles. The average Bonchev–Trinajstić information content (AvgIpc) is 3.65. The lowest BCUT2D eigenvalue weighted by atomic mass is 10.0. The number of rotatable bonds is 10. The van der Waals surface area contributed by atoms with Crippen LogP contribution < -0.4 is 10.1 Å². The minimum atomic E-state index is -0.457. The number of hydrogen-bond acceptors (Lipinski definition) is 8. The van der Waals surface area contributed by atoms with E-state index in [-0.39, 0.29) is 12.5 Å². The topological polar surface area (TPSA) is 123 Å². The molecule has 0 aliphatic carbocycles. The number of aryl methyl sites for hydroxylation is 1. The van der Waals surface area contributed by atoms with Crippen LogP contribution in [0.2, 0.25) is 5.02 Å². The molecule has 0 unspecified atom stereocenters. The summed E-state index contributed by atoms with van der Waals surface area (Å²) >= 11 is 5.88. The molecule has 6 aromatic rings. The monoisotopic (exact) mass is 719 g/mol. The van der Waals surface area contributed by atoms with Gasteiger partial charge in [-0.25, -0.2) is 19.3 Å². The van der Waals surface area contributed by atoms with Crippen LogP contribution in [0.15, 0.2) is 72.8 Å². The van der Waals surface area contributed by atoms with E-state index >= 15 is 0 Å². The maximum absolute atomic E-state index is 14.2. The molecule has 1 amide bonds. The number of H-pyrrole nitrogens is 1. The summed E-state index contributed by atoms with van der Waals surface area (Å²) in [5.74, 6) is 1.09. The van der Waals surface area contributed by atoms with E-state index in [9.17, 15) is 9.18 Å². The first-order valence-electron chi connectivity index (χ1n) is 16.7. The van der Waals surface area contributed by atoms with E-state index in [1.165, 1.54) is 6.07 Å². The average molecular weight is 720 g/mol. The van der Waals surface area contributed by atoms with E-state index in [4.69, 9.17) is 31.0 Å². The summed E-state index contributed by atoms with van der Waals surface area (Å²) in [6.07, 6.45) is 3.86. The van der Waals surface area contributed by atoms with Crippen molar-refractivity contribution >= 4 is 61.2 Å². The Morgan fingerprint density at radius 1 is 1.12 bits per heavy atom. The van der Waals surface area contributed by atoms with E-state index in [0.717, 1.165) is 64.2 Å². The van der Waals surface area contributed by atoms with Crippen LogP contribution in [-0.4, -0.2) is 75.7 Å². The second kappa shape index (κ2) is 13.6. The normalized spacial score (nSPS) is 17.8. The number of pyridine rings is 2. The lowest BCUT2D eigenvalue weighted by molar-refractivity contribution is -0.0947. The van der Waals surface area contributed by atoms with Crippen LogP contribution in [0.25, 0.3) is 27.6 Å². The minimum Gasteiger partial charge on any atom is -0.473 e. The predicted molar refractivity (Wildman–Crippen MR) is 193 cm³/mol. The SMILES string of the molecule is Cc1[nH]nc2ccc(NC(=O)c3ccc4c(c3)nc(CN3CC=C(c5cccc(OCc6ccc(Cl)cc6F)n5)CC3)n4C[C@]3([Si])CCO3)nc12. The zero-order valence-corrected chi connectivity index (χ0v) is 29.5. The lowest BCUT2D eigenvalue weighted by Gasteiger charge is -2.39. The Morgan fingerprint density at radius 2 is 2.00 bits per heavy atom. The van der Waals surface area contributed by atoms with Crippen LogP contribution in [0.3, 0.4) is 0 Å². The van der Waals surface area contributed by atoms with E-state index < -0.39 is 11.0 Å². The summed E-state index contributed by atoms with van der Waals surface area (Å²) in [4.78, 5) is 29.9. The number of fused-ring (bicyclic) bond motifs is 2. The molecule has 1 atom stereocenters. The molecule has 11 nitrogen and oxygen atoms in total. The second-order valence-electron chi connectivity index (χ2n) is 12.9. The van der Waals surface area contributed by atoms with E-state index in [0.29, 0.717) is 54.1 Å². The van der Waals surface area contributed by atoms with E-state index in [2.05, 4.69) is 46.3 Å². The number of nitrogens with zero attached hydrogens (tertiary/aromatic N) is 6. The maximum atomic E-state index is 14.2. The van der Waals surface area contributed by atoms with Crippen molar-refractivity contribution in [3.8, 4) is 5.88 Å². The van der Waals surface area contributed by atoms with Crippen LogP contribution in [0.4, 0.5) is 10.2 Å². The summed E-state index contributed by atoms with van der Waals surface area (Å²) < 4.78 is 28.1. The Hall–Kier alpha value is -4.95. The summed E-state index contributed by atoms with van der Waals surface area (Å²) in [6, 6.07) is 19.3. The summed E-state index contributed by atoms with van der Waals surface area (Å²) in [5, 5.41) is 9.93. The summed E-state index contributed by atoms with van der Waals surface area (Å²) in [6.45, 7) is 5.35. The Kier molecular flexibility index (Phi) is 8.88. The predicted octanol–water partition coefficient (Wildman–Crippen LogP) is 6.21. The van der Waals surface area contributed by atoms with Crippen molar-refractivity contribution in [1.29, 1.82) is 0 Å². The molecule has 51 heavy (non-hydrogen) atoms. The number of benzene rings is 2. The molecule has 0 saturated carbocycles. The highest BCUT2D eigenvalue weighted by Gasteiger charge is 2.35. The van der Waals surface area contributed by atoms with Crippen molar-refractivity contribution in [2.24, 2.45) is 0 Å². The van der Waals surface area contributed by atoms with Gasteiger partial charge in [0.05, 0.1) is 44.4 Å². The zero-order chi connectivity index (χ0) is 35.1. The molecule has 0 spiro atoms. The van der Waals surface area contributed by atoms with Crippen molar-refractivity contribution in [1.82, 2.24) is 34.6 Å². The first-order valence-corrected chi connectivity index (χ1v) is 17.5. The third-order valence-corrected chi connectivity index (χ3v) is 10.1. The molecule has 3 radical (unpaired) electrons. The summed E-state index contributed by atoms with van der Waals surface area (Å²) in [5.41, 5.74) is 6.80. The Morgan fingerprint density at radius 3 is 2.78 bits per heavy atom. The number of carbonyl (C=O) groups excluding carboxylic acids is 1. The molecule has 4 aromatic heterocycles. The van der Waals surface area contributed by atoms with E-state index in [1.807, 2.05) is 43.3 Å². The van der Waals surface area contributed by atoms with Crippen molar-refractivity contribution in [2.75, 3.05) is 25.0 Å². The number of aromatic amines is 1. The fourth-order valence-electron chi connectivity index (χ4n) is 6.37. The Bertz CT molecular complexity index is 2320. The number of amides is 1. The number of anilines is 1. The molecule has 6 heterocycles. The van der Waals surface area contributed by atoms with Gasteiger partial charge in [0.2, 0.25) is 5.88 Å². The fraction of sp³-hybridized carbons (Fsp3) is 0.270. The number of ether oxygens (including phenoxy) is 2. The largest absolute Gasteiger partial charge is 0.473 e. The molecule has 14 heteroatoms. The van der Waals surface area contributed by atoms with Crippen LogP contribution in [-0.2, 0) is 24.4 Å². The van der Waals surface area contributed by atoms with Crippen LogP contribution in [0, 0.1) is 12.7 Å². The van der Waals surface area contributed by atoms with Gasteiger partial charge in [0.15, 0.2) is 0 Å². The number of carbonyl (C=O) groups is 1. The van der Waals surface area contributed by atoms with E-state index in [1.54, 1.807) is 24.3 Å². The minimum absolute atomic E-state index is 0.0548. The van der Waals surface area contributed by atoms with Crippen LogP contribution >= 0.6 is 11.6 Å². The fourth-order valence-corrected chi connectivity index (χ4v) is 6.89. The smallest absolute Gasteiger partial charge is 0.256 e. The molecule has 257 valence electrons. The van der Waals surface area contributed by atoms with Crippen molar-refractivity contribution in [2.45, 2.75) is 44.7 Å². The Labute approximate surface area is 301 Å². The second-order valence-corrected chi connectivity index (χ2v) is 14.2. The maximum Gasteiger partial charge on any atom is 0.256 e. The highest BCUT2D eigenvalue weighted by molar-refractivity contribution is 6.30. The third-order valence-electron chi connectivity index (χ3n) is 9.30. The highest BCUT2D eigenvalue weighted by Crippen LogP contribution is 2.30.